The Balaban J connectivity index is 1.57. The highest BCUT2D eigenvalue weighted by Gasteiger charge is 2.34. The monoisotopic (exact) mass is 469 g/mol. The molecule has 0 saturated carbocycles. The van der Waals surface area contributed by atoms with Gasteiger partial charge in [0.05, 0.1) is 11.7 Å². The summed E-state index contributed by atoms with van der Waals surface area (Å²) in [7, 11) is 0. The van der Waals surface area contributed by atoms with Crippen molar-refractivity contribution in [3.8, 4) is 11.3 Å². The highest BCUT2D eigenvalue weighted by molar-refractivity contribution is 6.01. The molecule has 6 nitrogen and oxygen atoms in total. The van der Waals surface area contributed by atoms with Crippen LogP contribution in [-0.2, 0) is 6.18 Å². The number of likely N-dealkylation sites (tertiary alicyclic amines) is 1. The molecule has 0 radical (unpaired) electrons. The lowest BCUT2D eigenvalue weighted by atomic mass is 9.89. The average Bonchev–Trinajstić information content (AvgIpc) is 2.83. The molecule has 34 heavy (non-hydrogen) atoms. The van der Waals surface area contributed by atoms with Gasteiger partial charge in [0.25, 0.3) is 5.91 Å². The summed E-state index contributed by atoms with van der Waals surface area (Å²) in [4.78, 5) is 20.1. The van der Waals surface area contributed by atoms with Crippen molar-refractivity contribution >= 4 is 11.7 Å². The van der Waals surface area contributed by atoms with Gasteiger partial charge in [-0.1, -0.05) is 30.7 Å². The number of hydrogen-bond donors (Lipinski definition) is 1. The van der Waals surface area contributed by atoms with Crippen molar-refractivity contribution < 1.29 is 18.0 Å². The fourth-order valence-electron chi connectivity index (χ4n) is 4.33. The van der Waals surface area contributed by atoms with E-state index in [4.69, 9.17) is 0 Å². The van der Waals surface area contributed by atoms with Crippen LogP contribution in [0.3, 0.4) is 0 Å². The maximum absolute atomic E-state index is 13.8. The molecule has 0 bridgehead atoms. The van der Waals surface area contributed by atoms with Crippen LogP contribution in [-0.4, -0.2) is 45.1 Å². The van der Waals surface area contributed by atoms with E-state index in [9.17, 15) is 18.0 Å². The van der Waals surface area contributed by atoms with Gasteiger partial charge in [0.2, 0.25) is 0 Å². The Labute approximate surface area is 196 Å². The number of halogens is 3. The predicted molar refractivity (Wildman–Crippen MR) is 123 cm³/mol. The van der Waals surface area contributed by atoms with E-state index < -0.39 is 11.9 Å². The third-order valence-electron chi connectivity index (χ3n) is 6.17. The van der Waals surface area contributed by atoms with Crippen LogP contribution < -0.4 is 5.32 Å². The van der Waals surface area contributed by atoms with Gasteiger partial charge in [0.15, 0.2) is 5.69 Å². The van der Waals surface area contributed by atoms with Gasteiger partial charge in [-0.15, -0.1) is 10.2 Å². The van der Waals surface area contributed by atoms with Crippen LogP contribution in [0, 0.1) is 12.8 Å². The van der Waals surface area contributed by atoms with E-state index in [1.807, 2.05) is 48.2 Å². The Hall–Kier alpha value is -3.49. The molecule has 4 rings (SSSR count). The number of anilines is 1. The molecule has 2 atom stereocenters. The Morgan fingerprint density at radius 3 is 2.65 bits per heavy atom. The number of pyridine rings is 1. The Bertz CT molecular complexity index is 1140. The number of benzene rings is 1. The molecule has 1 fully saturated rings. The molecule has 9 heteroatoms. The number of hydrogen-bond acceptors (Lipinski definition) is 5. The van der Waals surface area contributed by atoms with Gasteiger partial charge in [-0.3, -0.25) is 9.78 Å². The second-order valence-electron chi connectivity index (χ2n) is 8.63. The summed E-state index contributed by atoms with van der Waals surface area (Å²) < 4.78 is 38.3. The zero-order chi connectivity index (χ0) is 24.3. The summed E-state index contributed by atoms with van der Waals surface area (Å²) in [6, 6.07) is 13.4. The first-order valence-corrected chi connectivity index (χ1v) is 11.2. The van der Waals surface area contributed by atoms with Crippen molar-refractivity contribution in [2.24, 2.45) is 5.92 Å². The lowest BCUT2D eigenvalue weighted by Crippen LogP contribution is -2.51. The molecule has 0 aliphatic carbocycles. The molecule has 1 aliphatic rings. The SMILES string of the molecule is Cc1ccc(-c2ccccn2)c(C(=O)N2CCCC(C)[C@H]2CNc2ccc(C(F)(F)F)nn2)c1. The number of piperidine rings is 1. The smallest absolute Gasteiger partial charge is 0.367 e. The number of carbonyl (C=O) groups is 1. The normalized spacial score (nSPS) is 18.6. The highest BCUT2D eigenvalue weighted by Crippen LogP contribution is 2.30. The first-order chi connectivity index (χ1) is 16.2. The second kappa shape index (κ2) is 9.79. The molecule has 1 aliphatic heterocycles. The minimum Gasteiger partial charge on any atom is -0.367 e. The van der Waals surface area contributed by atoms with Crippen LogP contribution in [0.5, 0.6) is 0 Å². The summed E-state index contributed by atoms with van der Waals surface area (Å²) in [5.41, 5.74) is 2.03. The Kier molecular flexibility index (Phi) is 6.81. The van der Waals surface area contributed by atoms with Gasteiger partial charge in [0, 0.05) is 30.4 Å². The zero-order valence-electron chi connectivity index (χ0n) is 19.0. The first-order valence-electron chi connectivity index (χ1n) is 11.2. The van der Waals surface area contributed by atoms with Crippen molar-refractivity contribution in [3.63, 3.8) is 0 Å². The third kappa shape index (κ3) is 5.18. The van der Waals surface area contributed by atoms with Crippen LogP contribution in [0.15, 0.2) is 54.7 Å². The molecule has 1 unspecified atom stereocenters. The zero-order valence-corrected chi connectivity index (χ0v) is 19.0. The molecule has 178 valence electrons. The number of nitrogens with zero attached hydrogens (tertiary/aromatic N) is 4. The number of aromatic nitrogens is 3. The molecule has 2 aromatic heterocycles. The van der Waals surface area contributed by atoms with Gasteiger partial charge in [0.1, 0.15) is 5.82 Å². The lowest BCUT2D eigenvalue weighted by molar-refractivity contribution is -0.141. The summed E-state index contributed by atoms with van der Waals surface area (Å²) in [5.74, 6) is 0.361. The highest BCUT2D eigenvalue weighted by atomic mass is 19.4. The molecular formula is C25H26F3N5O. The molecule has 3 aromatic rings. The topological polar surface area (TPSA) is 71.0 Å². The molecular weight excluding hydrogens is 443 g/mol. The number of carbonyl (C=O) groups excluding carboxylic acids is 1. The van der Waals surface area contributed by atoms with E-state index in [1.54, 1.807) is 6.20 Å². The minimum atomic E-state index is -4.54. The summed E-state index contributed by atoms with van der Waals surface area (Å²) >= 11 is 0. The minimum absolute atomic E-state index is 0.0822. The van der Waals surface area contributed by atoms with E-state index in [1.165, 1.54) is 6.07 Å². The summed E-state index contributed by atoms with van der Waals surface area (Å²) in [6.45, 7) is 4.99. The van der Waals surface area contributed by atoms with Crippen molar-refractivity contribution in [2.75, 3.05) is 18.4 Å². The number of alkyl halides is 3. The van der Waals surface area contributed by atoms with Crippen molar-refractivity contribution in [2.45, 2.75) is 38.9 Å². The third-order valence-corrected chi connectivity index (χ3v) is 6.17. The quantitative estimate of drug-likeness (QED) is 0.555. The fraction of sp³-hybridized carbons (Fsp3) is 0.360. The van der Waals surface area contributed by atoms with Crippen molar-refractivity contribution in [1.82, 2.24) is 20.1 Å². The number of aryl methyl sites for hydroxylation is 1. The van der Waals surface area contributed by atoms with Crippen LogP contribution in [0.4, 0.5) is 19.0 Å². The van der Waals surface area contributed by atoms with Gasteiger partial charge in [-0.2, -0.15) is 13.2 Å². The van der Waals surface area contributed by atoms with E-state index in [0.717, 1.165) is 35.7 Å². The molecule has 1 saturated heterocycles. The first kappa shape index (κ1) is 23.7. The summed E-state index contributed by atoms with van der Waals surface area (Å²) in [5, 5.41) is 9.99. The molecule has 1 amide bonds. The van der Waals surface area contributed by atoms with Crippen LogP contribution in [0.2, 0.25) is 0 Å². The maximum Gasteiger partial charge on any atom is 0.435 e. The molecule has 0 spiro atoms. The van der Waals surface area contributed by atoms with E-state index in [0.29, 0.717) is 18.7 Å². The van der Waals surface area contributed by atoms with Gasteiger partial charge in [-0.25, -0.2) is 0 Å². The largest absolute Gasteiger partial charge is 0.435 e. The molecule has 3 heterocycles. The number of amides is 1. The Morgan fingerprint density at radius 1 is 1.15 bits per heavy atom. The standard InChI is InChI=1S/C25H26F3N5O/c1-16-8-9-18(20-7-3-4-12-29-20)19(14-16)24(34)33-13-5-6-17(2)21(33)15-30-23-11-10-22(31-32-23)25(26,27)28/h3-4,7-12,14,17,21H,5-6,13,15H2,1-2H3,(H,30,32)/t17?,21-/m1/s1. The van der Waals surface area contributed by atoms with Crippen molar-refractivity contribution in [3.05, 3.63) is 71.5 Å². The van der Waals surface area contributed by atoms with Crippen LogP contribution in [0.1, 0.15) is 41.4 Å². The number of nitrogens with one attached hydrogen (secondary N) is 1. The Morgan fingerprint density at radius 2 is 1.97 bits per heavy atom. The molecule has 1 aromatic carbocycles. The van der Waals surface area contributed by atoms with Crippen LogP contribution >= 0.6 is 0 Å². The number of rotatable bonds is 5. The van der Waals surface area contributed by atoms with E-state index in [2.05, 4.69) is 27.4 Å². The van der Waals surface area contributed by atoms with Crippen molar-refractivity contribution in [1.29, 1.82) is 0 Å². The lowest BCUT2D eigenvalue weighted by Gasteiger charge is -2.40. The second-order valence-corrected chi connectivity index (χ2v) is 8.63. The van der Waals surface area contributed by atoms with E-state index >= 15 is 0 Å². The van der Waals surface area contributed by atoms with Gasteiger partial charge in [-0.05, 0) is 56.0 Å². The molecule has 1 N–H and O–H groups in total. The predicted octanol–water partition coefficient (Wildman–Crippen LogP) is 5.22. The van der Waals surface area contributed by atoms with Gasteiger partial charge >= 0.3 is 6.18 Å². The fourth-order valence-corrected chi connectivity index (χ4v) is 4.33. The summed E-state index contributed by atoms with van der Waals surface area (Å²) in [6.07, 6.45) is -1.00. The average molecular weight is 470 g/mol. The maximum atomic E-state index is 13.8. The van der Waals surface area contributed by atoms with Crippen LogP contribution in [0.25, 0.3) is 11.3 Å². The van der Waals surface area contributed by atoms with Gasteiger partial charge < -0.3 is 10.2 Å². The van der Waals surface area contributed by atoms with E-state index in [-0.39, 0.29) is 23.7 Å².